The van der Waals surface area contributed by atoms with Crippen molar-refractivity contribution in [3.8, 4) is 5.88 Å². The lowest BCUT2D eigenvalue weighted by atomic mass is 10.1. The third kappa shape index (κ3) is 4.81. The molecule has 1 aliphatic rings. The minimum absolute atomic E-state index is 0.00000124. The molecule has 0 bridgehead atoms. The Morgan fingerprint density at radius 2 is 2.09 bits per heavy atom. The van der Waals surface area contributed by atoms with Crippen LogP contribution in [0.1, 0.15) is 50.9 Å². The van der Waals surface area contributed by atoms with E-state index in [1.54, 1.807) is 13.8 Å². The molecule has 1 atom stereocenters. The fraction of sp³-hybridized carbons (Fsp3) is 0.286. The van der Waals surface area contributed by atoms with Gasteiger partial charge < -0.3 is 19.4 Å². The zero-order valence-electron chi connectivity index (χ0n) is 17.8. The Hall–Kier alpha value is -3.67. The number of nitrogens with one attached hydrogen (secondary N) is 1. The van der Waals surface area contributed by atoms with Crippen molar-refractivity contribution < 1.29 is 31.9 Å². The van der Waals surface area contributed by atoms with Crippen LogP contribution in [0.5, 0.6) is 5.88 Å². The highest BCUT2D eigenvalue weighted by molar-refractivity contribution is 6.31. The first-order chi connectivity index (χ1) is 16.0. The molecule has 0 aromatic carbocycles. The van der Waals surface area contributed by atoms with E-state index in [2.05, 4.69) is 25.0 Å². The number of aryl methyl sites for hydroxylation is 1. The molecule has 0 aliphatic carbocycles. The van der Waals surface area contributed by atoms with Crippen LogP contribution in [-0.2, 0) is 6.54 Å². The molecule has 9 nitrogen and oxygen atoms in total. The van der Waals surface area contributed by atoms with Gasteiger partial charge in [-0.2, -0.15) is 13.2 Å². The minimum Gasteiger partial charge on any atom is -0.467 e. The molecule has 13 heteroatoms. The van der Waals surface area contributed by atoms with Crippen LogP contribution in [0.2, 0.25) is 5.02 Å². The smallest absolute Gasteiger partial charge is 0.422 e. The molecule has 0 saturated heterocycles. The molecular weight excluding hydrogens is 479 g/mol. The predicted molar refractivity (Wildman–Crippen MR) is 113 cm³/mol. The average Bonchev–Trinajstić information content (AvgIpc) is 3.36. The van der Waals surface area contributed by atoms with Gasteiger partial charge in [-0.1, -0.05) is 11.6 Å². The van der Waals surface area contributed by atoms with Crippen molar-refractivity contribution in [1.29, 1.82) is 0 Å². The van der Waals surface area contributed by atoms with Gasteiger partial charge in [-0.15, -0.1) is 0 Å². The number of nitrogens with zero attached hydrogens (tertiary/aromatic N) is 4. The summed E-state index contributed by atoms with van der Waals surface area (Å²) >= 11 is 6.05. The summed E-state index contributed by atoms with van der Waals surface area (Å²) in [6.07, 6.45) is -0.548. The summed E-state index contributed by atoms with van der Waals surface area (Å²) in [5.74, 6) is -0.710. The average molecular weight is 496 g/mol. The van der Waals surface area contributed by atoms with Crippen LogP contribution in [0, 0.1) is 6.92 Å². The Balaban J connectivity index is 1.52. The first kappa shape index (κ1) is 23.5. The molecule has 1 unspecified atom stereocenters. The van der Waals surface area contributed by atoms with Crippen molar-refractivity contribution in [1.82, 2.24) is 19.9 Å². The van der Waals surface area contributed by atoms with E-state index in [1.807, 2.05) is 0 Å². The number of fused-ring (bicyclic) bond motifs is 1. The standard InChI is InChI=1S/C21H17ClF3N5O4/c1-10(12-5-15(22)19(28-6-12)33-9-21(23,24)25)30-8-14-13(20(30)32)3-4-26-17(14)29-18(31)16-7-27-11(2)34-16/h3-7,10H,8-9H2,1-2H3,(H,26,29,31). The van der Waals surface area contributed by atoms with Gasteiger partial charge in [0.2, 0.25) is 11.6 Å². The number of carbonyl (C=O) groups excluding carboxylic acids is 2. The summed E-state index contributed by atoms with van der Waals surface area (Å²) in [7, 11) is 0. The zero-order chi connectivity index (χ0) is 24.6. The van der Waals surface area contributed by atoms with Crippen LogP contribution < -0.4 is 10.1 Å². The number of aromatic nitrogens is 3. The fourth-order valence-corrected chi connectivity index (χ4v) is 3.64. The van der Waals surface area contributed by atoms with Gasteiger partial charge in [0.15, 0.2) is 12.5 Å². The van der Waals surface area contributed by atoms with E-state index in [0.717, 1.165) is 0 Å². The van der Waals surface area contributed by atoms with Crippen LogP contribution >= 0.6 is 11.6 Å². The van der Waals surface area contributed by atoms with E-state index in [0.29, 0.717) is 22.6 Å². The lowest BCUT2D eigenvalue weighted by Gasteiger charge is -2.25. The first-order valence-corrected chi connectivity index (χ1v) is 10.3. The Kier molecular flexibility index (Phi) is 6.17. The van der Waals surface area contributed by atoms with Crippen molar-refractivity contribution in [3.05, 3.63) is 64.1 Å². The maximum atomic E-state index is 13.0. The second kappa shape index (κ2) is 8.93. The number of rotatable bonds is 6. The number of oxazole rings is 1. The lowest BCUT2D eigenvalue weighted by molar-refractivity contribution is -0.154. The summed E-state index contributed by atoms with van der Waals surface area (Å²) in [4.78, 5) is 38.9. The Bertz CT molecular complexity index is 1260. The molecular formula is C21H17ClF3N5O4. The highest BCUT2D eigenvalue weighted by Crippen LogP contribution is 2.35. The summed E-state index contributed by atoms with van der Waals surface area (Å²) < 4.78 is 47.0. The van der Waals surface area contributed by atoms with Gasteiger partial charge in [0.05, 0.1) is 18.8 Å². The molecule has 0 fully saturated rings. The number of hydrogen-bond donors (Lipinski definition) is 1. The number of hydrogen-bond acceptors (Lipinski definition) is 7. The number of ether oxygens (including phenoxy) is 1. The van der Waals surface area contributed by atoms with Crippen LogP contribution in [-0.4, -0.2) is 44.4 Å². The monoisotopic (exact) mass is 495 g/mol. The summed E-state index contributed by atoms with van der Waals surface area (Å²) in [6, 6.07) is 2.40. The maximum absolute atomic E-state index is 13.0. The number of anilines is 1. The maximum Gasteiger partial charge on any atom is 0.422 e. The molecule has 1 aliphatic heterocycles. The molecule has 0 spiro atoms. The number of pyridine rings is 2. The van der Waals surface area contributed by atoms with Crippen molar-refractivity contribution >= 4 is 29.2 Å². The highest BCUT2D eigenvalue weighted by atomic mass is 35.5. The SMILES string of the molecule is Cc1ncc(C(=O)Nc2nccc3c2CN(C(C)c2cnc(OCC(F)(F)F)c(Cl)c2)C3=O)o1. The van der Waals surface area contributed by atoms with E-state index in [4.69, 9.17) is 16.0 Å². The normalized spacial score (nSPS) is 14.2. The van der Waals surface area contributed by atoms with Crippen molar-refractivity contribution in [2.45, 2.75) is 32.6 Å². The van der Waals surface area contributed by atoms with Crippen LogP contribution in [0.4, 0.5) is 19.0 Å². The molecule has 4 heterocycles. The molecule has 4 rings (SSSR count). The summed E-state index contributed by atoms with van der Waals surface area (Å²) in [5, 5.41) is 2.51. The zero-order valence-corrected chi connectivity index (χ0v) is 18.6. The summed E-state index contributed by atoms with van der Waals surface area (Å²) in [6.45, 7) is 1.92. The molecule has 3 aromatic rings. The Morgan fingerprint density at radius 3 is 2.74 bits per heavy atom. The number of halogens is 4. The van der Waals surface area contributed by atoms with Gasteiger partial charge in [-0.05, 0) is 24.6 Å². The lowest BCUT2D eigenvalue weighted by Crippen LogP contribution is -2.27. The highest BCUT2D eigenvalue weighted by Gasteiger charge is 2.35. The molecule has 0 saturated carbocycles. The van der Waals surface area contributed by atoms with Gasteiger partial charge in [-0.25, -0.2) is 15.0 Å². The largest absolute Gasteiger partial charge is 0.467 e. The second-order valence-electron chi connectivity index (χ2n) is 7.45. The Labute approximate surface area is 195 Å². The van der Waals surface area contributed by atoms with Crippen LogP contribution in [0.25, 0.3) is 0 Å². The molecule has 2 amide bonds. The minimum atomic E-state index is -4.53. The first-order valence-electron chi connectivity index (χ1n) is 9.91. The molecule has 3 aromatic heterocycles. The fourth-order valence-electron chi connectivity index (χ4n) is 3.41. The number of carbonyl (C=O) groups is 2. The molecule has 34 heavy (non-hydrogen) atoms. The van der Waals surface area contributed by atoms with E-state index in [9.17, 15) is 22.8 Å². The van der Waals surface area contributed by atoms with Gasteiger partial charge in [0.25, 0.3) is 11.8 Å². The number of amides is 2. The topological polar surface area (TPSA) is 110 Å². The van der Waals surface area contributed by atoms with Gasteiger partial charge in [0, 0.05) is 30.4 Å². The van der Waals surface area contributed by atoms with Gasteiger partial charge in [0.1, 0.15) is 10.8 Å². The molecule has 1 N–H and O–H groups in total. The quantitative estimate of drug-likeness (QED) is 0.541. The summed E-state index contributed by atoms with van der Waals surface area (Å²) in [5.41, 5.74) is 1.35. The predicted octanol–water partition coefficient (Wildman–Crippen LogP) is 4.34. The third-order valence-corrected chi connectivity index (χ3v) is 5.37. The van der Waals surface area contributed by atoms with Gasteiger partial charge >= 0.3 is 6.18 Å². The van der Waals surface area contributed by atoms with E-state index in [-0.39, 0.29) is 34.9 Å². The van der Waals surface area contributed by atoms with Gasteiger partial charge in [-0.3, -0.25) is 9.59 Å². The van der Waals surface area contributed by atoms with E-state index < -0.39 is 24.7 Å². The van der Waals surface area contributed by atoms with Crippen molar-refractivity contribution in [2.75, 3.05) is 11.9 Å². The van der Waals surface area contributed by atoms with E-state index in [1.165, 1.54) is 35.6 Å². The molecule has 178 valence electrons. The second-order valence-corrected chi connectivity index (χ2v) is 7.86. The number of alkyl halides is 3. The molecule has 0 radical (unpaired) electrons. The van der Waals surface area contributed by atoms with Crippen molar-refractivity contribution in [2.24, 2.45) is 0 Å². The van der Waals surface area contributed by atoms with Crippen LogP contribution in [0.3, 0.4) is 0 Å². The van der Waals surface area contributed by atoms with Crippen LogP contribution in [0.15, 0.2) is 35.1 Å². The Morgan fingerprint density at radius 1 is 1.32 bits per heavy atom. The van der Waals surface area contributed by atoms with Crippen molar-refractivity contribution in [3.63, 3.8) is 0 Å². The third-order valence-electron chi connectivity index (χ3n) is 5.10. The van der Waals surface area contributed by atoms with E-state index >= 15 is 0 Å².